The van der Waals surface area contributed by atoms with Gasteiger partial charge in [0.25, 0.3) is 0 Å². The van der Waals surface area contributed by atoms with Crippen LogP contribution in [-0.4, -0.2) is 16.0 Å². The predicted molar refractivity (Wildman–Crippen MR) is 114 cm³/mol. The number of aromatic nitrogens is 1. The fraction of sp³-hybridized carbons (Fsp3) is 0.273. The lowest BCUT2D eigenvalue weighted by atomic mass is 10.0. The molecule has 1 atom stereocenters. The molecular formula is C22H25N3O2S. The SMILES string of the molecule is [2H]c1sc(N)nc1C([2H])([2H])C(=O)Nc1ccc(CCCC([2H])([2H])[C@H](O)c2ccccc2)cc1. The standard InChI is InChI=1S/C22H25N3O2S/c23-22-25-19(15-28-22)14-21(27)24-18-12-10-16(11-13-18)6-4-5-9-20(26)17-7-2-1-3-8-17/h1-3,7-8,10-13,15,20,26H,4-6,9,14H2,(H2,23,25)(H,24,27)/t20-/m0/s1/i9D2,14D2,15D. The Morgan fingerprint density at radius 3 is 2.64 bits per heavy atom. The van der Waals surface area contributed by atoms with Gasteiger partial charge in [0.15, 0.2) is 5.13 Å². The van der Waals surface area contributed by atoms with Crippen molar-refractivity contribution >= 4 is 28.1 Å². The van der Waals surface area contributed by atoms with Crippen molar-refractivity contribution in [2.45, 2.75) is 38.1 Å². The number of nitrogens with two attached hydrogens (primary N) is 1. The third kappa shape index (κ3) is 6.18. The molecule has 2 aromatic carbocycles. The summed E-state index contributed by atoms with van der Waals surface area (Å²) in [6, 6.07) is 15.5. The van der Waals surface area contributed by atoms with E-state index in [1.54, 1.807) is 48.5 Å². The summed E-state index contributed by atoms with van der Waals surface area (Å²) in [5.41, 5.74) is 7.04. The highest BCUT2D eigenvalue weighted by atomic mass is 32.1. The molecule has 0 aliphatic rings. The highest BCUT2D eigenvalue weighted by Gasteiger charge is 2.08. The molecule has 1 heterocycles. The summed E-state index contributed by atoms with van der Waals surface area (Å²) in [6.07, 6.45) is -4.21. The van der Waals surface area contributed by atoms with Crippen molar-refractivity contribution in [1.29, 1.82) is 0 Å². The normalized spacial score (nSPS) is 15.5. The third-order valence-corrected chi connectivity index (χ3v) is 4.61. The van der Waals surface area contributed by atoms with Gasteiger partial charge in [0.05, 0.1) is 19.5 Å². The molecule has 28 heavy (non-hydrogen) atoms. The smallest absolute Gasteiger partial charge is 0.230 e. The van der Waals surface area contributed by atoms with Gasteiger partial charge in [-0.25, -0.2) is 4.98 Å². The van der Waals surface area contributed by atoms with E-state index in [4.69, 9.17) is 12.6 Å². The number of thiazole rings is 1. The molecule has 0 bridgehead atoms. The van der Waals surface area contributed by atoms with Crippen LogP contribution in [0.2, 0.25) is 0 Å². The molecule has 0 saturated carbocycles. The molecule has 0 aliphatic carbocycles. The van der Waals surface area contributed by atoms with Gasteiger partial charge in [0.2, 0.25) is 5.91 Å². The van der Waals surface area contributed by atoms with Crippen LogP contribution in [-0.2, 0) is 17.6 Å². The van der Waals surface area contributed by atoms with Crippen LogP contribution in [0.4, 0.5) is 10.8 Å². The van der Waals surface area contributed by atoms with E-state index in [-0.39, 0.29) is 22.6 Å². The lowest BCUT2D eigenvalue weighted by Gasteiger charge is -2.10. The third-order valence-electron chi connectivity index (χ3n) is 4.01. The second-order valence-corrected chi connectivity index (χ2v) is 6.98. The van der Waals surface area contributed by atoms with E-state index in [2.05, 4.69) is 10.3 Å². The second kappa shape index (κ2) is 10.0. The quantitative estimate of drug-likeness (QED) is 0.498. The number of rotatable bonds is 9. The molecule has 146 valence electrons. The number of hydrogen-bond donors (Lipinski definition) is 3. The van der Waals surface area contributed by atoms with Crippen LogP contribution >= 0.6 is 11.3 Å². The molecule has 1 amide bonds. The summed E-state index contributed by atoms with van der Waals surface area (Å²) < 4.78 is 40.2. The molecular weight excluding hydrogens is 370 g/mol. The number of benzene rings is 2. The number of aryl methyl sites for hydroxylation is 1. The van der Waals surface area contributed by atoms with E-state index in [1.165, 1.54) is 0 Å². The molecule has 1 aromatic heterocycles. The van der Waals surface area contributed by atoms with Crippen molar-refractivity contribution in [3.8, 4) is 0 Å². The number of hydrogen-bond acceptors (Lipinski definition) is 5. The number of nitrogens with one attached hydrogen (secondary N) is 1. The molecule has 3 rings (SSSR count). The zero-order valence-electron chi connectivity index (χ0n) is 20.2. The van der Waals surface area contributed by atoms with Crippen molar-refractivity contribution in [2.75, 3.05) is 11.1 Å². The molecule has 6 heteroatoms. The van der Waals surface area contributed by atoms with Gasteiger partial charge < -0.3 is 16.2 Å². The average molecular weight is 401 g/mol. The molecule has 0 unspecified atom stereocenters. The molecule has 0 fully saturated rings. The summed E-state index contributed by atoms with van der Waals surface area (Å²) in [4.78, 5) is 16.2. The lowest BCUT2D eigenvalue weighted by Crippen LogP contribution is -2.14. The molecule has 0 radical (unpaired) electrons. The first kappa shape index (κ1) is 14.3. The number of carbonyl (C=O) groups excluding carboxylic acids is 1. The zero-order chi connectivity index (χ0) is 24.2. The maximum absolute atomic E-state index is 12.4. The number of nitrogens with zero attached hydrogens (tertiary/aromatic N) is 1. The Bertz CT molecular complexity index is 1090. The van der Waals surface area contributed by atoms with E-state index in [0.29, 0.717) is 24.1 Å². The summed E-state index contributed by atoms with van der Waals surface area (Å²) in [5.74, 6) is -0.947. The van der Waals surface area contributed by atoms with Gasteiger partial charge in [0.1, 0.15) is 0 Å². The fourth-order valence-electron chi connectivity index (χ4n) is 2.62. The Balaban J connectivity index is 1.55. The van der Waals surface area contributed by atoms with Gasteiger partial charge in [-0.15, -0.1) is 11.3 Å². The van der Waals surface area contributed by atoms with Crippen molar-refractivity contribution in [3.63, 3.8) is 0 Å². The number of nitrogen functional groups attached to an aromatic ring is 1. The van der Waals surface area contributed by atoms with Crippen LogP contribution < -0.4 is 11.1 Å². The van der Waals surface area contributed by atoms with Crippen LogP contribution in [0.15, 0.2) is 60.0 Å². The molecule has 0 saturated heterocycles. The van der Waals surface area contributed by atoms with Crippen molar-refractivity contribution in [2.24, 2.45) is 0 Å². The Kier molecular flexibility index (Phi) is 5.12. The van der Waals surface area contributed by atoms with Crippen LogP contribution in [0.5, 0.6) is 0 Å². The highest BCUT2D eigenvalue weighted by molar-refractivity contribution is 7.13. The number of aliphatic hydroxyl groups excluding tert-OH is 1. The van der Waals surface area contributed by atoms with Gasteiger partial charge in [-0.3, -0.25) is 4.79 Å². The van der Waals surface area contributed by atoms with E-state index in [9.17, 15) is 9.90 Å². The number of amides is 1. The Morgan fingerprint density at radius 2 is 1.96 bits per heavy atom. The molecule has 5 nitrogen and oxygen atoms in total. The summed E-state index contributed by atoms with van der Waals surface area (Å²) in [7, 11) is 0. The minimum absolute atomic E-state index is 0.0247. The zero-order valence-corrected chi connectivity index (χ0v) is 16.0. The number of carbonyl (C=O) groups is 1. The minimum atomic E-state index is -2.50. The monoisotopic (exact) mass is 400 g/mol. The molecule has 0 spiro atoms. The maximum Gasteiger partial charge on any atom is 0.230 e. The Morgan fingerprint density at radius 1 is 1.21 bits per heavy atom. The van der Waals surface area contributed by atoms with Crippen molar-refractivity contribution in [3.05, 3.63) is 76.8 Å². The van der Waals surface area contributed by atoms with Gasteiger partial charge >= 0.3 is 0 Å². The van der Waals surface area contributed by atoms with E-state index in [0.717, 1.165) is 16.9 Å². The lowest BCUT2D eigenvalue weighted by molar-refractivity contribution is -0.115. The highest BCUT2D eigenvalue weighted by Crippen LogP contribution is 2.20. The van der Waals surface area contributed by atoms with E-state index in [1.807, 2.05) is 6.07 Å². The van der Waals surface area contributed by atoms with Gasteiger partial charge in [-0.05, 0) is 42.5 Å². The predicted octanol–water partition coefficient (Wildman–Crippen LogP) is 4.35. The Labute approximate surface area is 176 Å². The fourth-order valence-corrected chi connectivity index (χ4v) is 3.05. The molecule has 4 N–H and O–H groups in total. The van der Waals surface area contributed by atoms with Gasteiger partial charge in [0, 0.05) is 16.5 Å². The summed E-state index contributed by atoms with van der Waals surface area (Å²) in [5, 5.41) is 12.7. The minimum Gasteiger partial charge on any atom is -0.388 e. The van der Waals surface area contributed by atoms with Crippen LogP contribution in [0.25, 0.3) is 0 Å². The summed E-state index contributed by atoms with van der Waals surface area (Å²) in [6.45, 7) is 0. The Hall–Kier alpha value is -2.70. The van der Waals surface area contributed by atoms with Gasteiger partial charge in [-0.2, -0.15) is 0 Å². The van der Waals surface area contributed by atoms with Crippen molar-refractivity contribution < 1.29 is 16.8 Å². The molecule has 0 aliphatic heterocycles. The second-order valence-electron chi connectivity index (χ2n) is 6.15. The van der Waals surface area contributed by atoms with Crippen LogP contribution in [0.1, 0.15) is 49.0 Å². The van der Waals surface area contributed by atoms with Crippen LogP contribution in [0, 0.1) is 0 Å². The first-order valence-corrected chi connectivity index (χ1v) is 9.69. The van der Waals surface area contributed by atoms with E-state index < -0.39 is 24.8 Å². The first-order chi connectivity index (χ1) is 15.5. The van der Waals surface area contributed by atoms with Gasteiger partial charge in [-0.1, -0.05) is 48.9 Å². The van der Waals surface area contributed by atoms with Crippen LogP contribution in [0.3, 0.4) is 0 Å². The largest absolute Gasteiger partial charge is 0.388 e. The van der Waals surface area contributed by atoms with Crippen molar-refractivity contribution in [1.82, 2.24) is 4.98 Å². The average Bonchev–Trinajstić information content (AvgIpc) is 3.13. The number of aliphatic hydroxyl groups is 1. The summed E-state index contributed by atoms with van der Waals surface area (Å²) >= 11 is 0.802. The maximum atomic E-state index is 12.4. The number of anilines is 2. The topological polar surface area (TPSA) is 88.2 Å². The molecule has 3 aromatic rings. The van der Waals surface area contributed by atoms with E-state index >= 15 is 0 Å². The first-order valence-electron chi connectivity index (χ1n) is 11.4.